The summed E-state index contributed by atoms with van der Waals surface area (Å²) in [6.07, 6.45) is 3.25. The van der Waals surface area contributed by atoms with Crippen LogP contribution in [0, 0.1) is 0 Å². The van der Waals surface area contributed by atoms with Crippen molar-refractivity contribution in [3.05, 3.63) is 18.2 Å². The van der Waals surface area contributed by atoms with Gasteiger partial charge in [-0.1, -0.05) is 0 Å². The Morgan fingerprint density at radius 1 is 1.70 bits per heavy atom. The SMILES string of the molecule is CN1Cc2cncn2C1=O. The van der Waals surface area contributed by atoms with E-state index in [1.54, 1.807) is 29.0 Å². The maximum atomic E-state index is 11.1. The molecule has 10 heavy (non-hydrogen) atoms. The number of carbonyl (C=O) groups is 1. The Morgan fingerprint density at radius 3 is 3.20 bits per heavy atom. The highest BCUT2D eigenvalue weighted by molar-refractivity contribution is 5.79. The fourth-order valence-corrected chi connectivity index (χ4v) is 1.11. The van der Waals surface area contributed by atoms with Gasteiger partial charge in [-0.3, -0.25) is 4.57 Å². The summed E-state index contributed by atoms with van der Waals surface area (Å²) in [7, 11) is 1.77. The van der Waals surface area contributed by atoms with Crippen LogP contribution in [0.4, 0.5) is 4.79 Å². The maximum absolute atomic E-state index is 11.1. The van der Waals surface area contributed by atoms with Crippen LogP contribution in [0.5, 0.6) is 0 Å². The monoisotopic (exact) mass is 137 g/mol. The van der Waals surface area contributed by atoms with Gasteiger partial charge in [-0.05, 0) is 0 Å². The Bertz CT molecular complexity index is 278. The van der Waals surface area contributed by atoms with Crippen molar-refractivity contribution in [2.75, 3.05) is 7.05 Å². The van der Waals surface area contributed by atoms with Crippen LogP contribution in [0.1, 0.15) is 5.69 Å². The van der Waals surface area contributed by atoms with E-state index in [4.69, 9.17) is 0 Å². The molecule has 2 rings (SSSR count). The first-order chi connectivity index (χ1) is 4.79. The van der Waals surface area contributed by atoms with Gasteiger partial charge in [0.1, 0.15) is 6.33 Å². The molecule has 52 valence electrons. The number of amides is 1. The van der Waals surface area contributed by atoms with Gasteiger partial charge in [0.25, 0.3) is 0 Å². The van der Waals surface area contributed by atoms with Crippen LogP contribution >= 0.6 is 0 Å². The minimum atomic E-state index is 0.00694. The van der Waals surface area contributed by atoms with Crippen LogP contribution in [-0.4, -0.2) is 27.5 Å². The molecular formula is C6H7N3O. The number of hydrogen-bond donors (Lipinski definition) is 0. The number of fused-ring (bicyclic) bond motifs is 1. The molecule has 0 unspecified atom stereocenters. The summed E-state index contributed by atoms with van der Waals surface area (Å²) in [5.41, 5.74) is 0.965. The number of hydrogen-bond acceptors (Lipinski definition) is 2. The van der Waals surface area contributed by atoms with Crippen LogP contribution in [0.2, 0.25) is 0 Å². The van der Waals surface area contributed by atoms with E-state index in [0.29, 0.717) is 6.54 Å². The van der Waals surface area contributed by atoms with E-state index in [-0.39, 0.29) is 6.03 Å². The predicted molar refractivity (Wildman–Crippen MR) is 34.5 cm³/mol. The first kappa shape index (κ1) is 5.46. The van der Waals surface area contributed by atoms with Crippen LogP contribution in [-0.2, 0) is 6.54 Å². The van der Waals surface area contributed by atoms with Gasteiger partial charge in [0, 0.05) is 7.05 Å². The lowest BCUT2D eigenvalue weighted by Gasteiger charge is -2.03. The lowest BCUT2D eigenvalue weighted by molar-refractivity contribution is 0.219. The maximum Gasteiger partial charge on any atom is 0.329 e. The van der Waals surface area contributed by atoms with E-state index in [9.17, 15) is 4.79 Å². The van der Waals surface area contributed by atoms with Gasteiger partial charge in [-0.2, -0.15) is 0 Å². The Labute approximate surface area is 58.1 Å². The van der Waals surface area contributed by atoms with Gasteiger partial charge in [-0.25, -0.2) is 9.78 Å². The third-order valence-electron chi connectivity index (χ3n) is 1.65. The van der Waals surface area contributed by atoms with E-state index in [0.717, 1.165) is 5.69 Å². The first-order valence-electron chi connectivity index (χ1n) is 3.06. The molecular weight excluding hydrogens is 130 g/mol. The highest BCUT2D eigenvalue weighted by atomic mass is 16.2. The smallest absolute Gasteiger partial charge is 0.321 e. The lowest BCUT2D eigenvalue weighted by Crippen LogP contribution is -2.20. The van der Waals surface area contributed by atoms with Crippen LogP contribution in [0.15, 0.2) is 12.5 Å². The number of carbonyl (C=O) groups excluding carboxylic acids is 1. The molecule has 0 saturated heterocycles. The largest absolute Gasteiger partial charge is 0.329 e. The molecule has 0 N–H and O–H groups in total. The zero-order valence-electron chi connectivity index (χ0n) is 5.61. The summed E-state index contributed by atoms with van der Waals surface area (Å²) in [5, 5.41) is 0. The molecule has 0 aliphatic carbocycles. The van der Waals surface area contributed by atoms with Gasteiger partial charge in [-0.15, -0.1) is 0 Å². The second kappa shape index (κ2) is 1.59. The summed E-state index contributed by atoms with van der Waals surface area (Å²) >= 11 is 0. The Morgan fingerprint density at radius 2 is 2.50 bits per heavy atom. The molecule has 4 nitrogen and oxygen atoms in total. The van der Waals surface area contributed by atoms with Crippen molar-refractivity contribution < 1.29 is 4.79 Å². The van der Waals surface area contributed by atoms with Crippen molar-refractivity contribution in [1.29, 1.82) is 0 Å². The summed E-state index contributed by atoms with van der Waals surface area (Å²) in [5.74, 6) is 0. The number of aromatic nitrogens is 2. The summed E-state index contributed by atoms with van der Waals surface area (Å²) in [4.78, 5) is 16.6. The lowest BCUT2D eigenvalue weighted by atomic mass is 10.5. The average molecular weight is 137 g/mol. The standard InChI is InChI=1S/C6H7N3O/c1-8-3-5-2-7-4-9(5)6(8)10/h2,4H,3H2,1H3. The van der Waals surface area contributed by atoms with Gasteiger partial charge in [0.15, 0.2) is 0 Å². The van der Waals surface area contributed by atoms with Crippen molar-refractivity contribution in [2.45, 2.75) is 6.54 Å². The molecule has 0 saturated carbocycles. The normalized spacial score (nSPS) is 16.1. The fraction of sp³-hybridized carbons (Fsp3) is 0.333. The van der Waals surface area contributed by atoms with E-state index >= 15 is 0 Å². The van der Waals surface area contributed by atoms with Crippen molar-refractivity contribution in [3.63, 3.8) is 0 Å². The zero-order chi connectivity index (χ0) is 7.14. The average Bonchev–Trinajstić information content (AvgIpc) is 2.41. The van der Waals surface area contributed by atoms with Gasteiger partial charge < -0.3 is 4.90 Å². The molecule has 1 aromatic heterocycles. The highest BCUT2D eigenvalue weighted by Crippen LogP contribution is 2.12. The summed E-state index contributed by atoms with van der Waals surface area (Å²) < 4.78 is 1.56. The minimum absolute atomic E-state index is 0.00694. The molecule has 0 bridgehead atoms. The number of imidazole rings is 1. The van der Waals surface area contributed by atoms with Crippen molar-refractivity contribution >= 4 is 6.03 Å². The molecule has 2 heterocycles. The molecule has 1 aromatic rings. The van der Waals surface area contributed by atoms with E-state index in [1.807, 2.05) is 0 Å². The first-order valence-corrected chi connectivity index (χ1v) is 3.06. The second-order valence-corrected chi connectivity index (χ2v) is 2.39. The number of nitrogens with zero attached hydrogens (tertiary/aromatic N) is 3. The van der Waals surface area contributed by atoms with Gasteiger partial charge >= 0.3 is 6.03 Å². The highest BCUT2D eigenvalue weighted by Gasteiger charge is 2.22. The zero-order valence-corrected chi connectivity index (χ0v) is 5.61. The summed E-state index contributed by atoms with van der Waals surface area (Å²) in [6, 6.07) is 0.00694. The molecule has 0 atom stereocenters. The van der Waals surface area contributed by atoms with Crippen LogP contribution in [0.3, 0.4) is 0 Å². The molecule has 0 aromatic carbocycles. The molecule has 4 heteroatoms. The van der Waals surface area contributed by atoms with Gasteiger partial charge in [0.05, 0.1) is 18.4 Å². The van der Waals surface area contributed by atoms with E-state index < -0.39 is 0 Å². The van der Waals surface area contributed by atoms with Crippen LogP contribution in [0.25, 0.3) is 0 Å². The molecule has 1 amide bonds. The van der Waals surface area contributed by atoms with Crippen molar-refractivity contribution in [3.8, 4) is 0 Å². The molecule has 0 radical (unpaired) electrons. The molecule has 0 spiro atoms. The molecule has 0 fully saturated rings. The minimum Gasteiger partial charge on any atom is -0.321 e. The van der Waals surface area contributed by atoms with Crippen molar-refractivity contribution in [1.82, 2.24) is 14.5 Å². The third-order valence-corrected chi connectivity index (χ3v) is 1.65. The molecule has 1 aliphatic heterocycles. The fourth-order valence-electron chi connectivity index (χ4n) is 1.11. The quantitative estimate of drug-likeness (QED) is 0.515. The topological polar surface area (TPSA) is 38.1 Å². The Hall–Kier alpha value is -1.32. The second-order valence-electron chi connectivity index (χ2n) is 2.39. The van der Waals surface area contributed by atoms with E-state index in [2.05, 4.69) is 4.98 Å². The van der Waals surface area contributed by atoms with Crippen molar-refractivity contribution in [2.24, 2.45) is 0 Å². The number of rotatable bonds is 0. The Balaban J connectivity index is 2.53. The summed E-state index contributed by atoms with van der Waals surface area (Å²) in [6.45, 7) is 0.679. The Kier molecular flexibility index (Phi) is 0.869. The molecule has 1 aliphatic rings. The third kappa shape index (κ3) is 0.504. The van der Waals surface area contributed by atoms with Crippen LogP contribution < -0.4 is 0 Å². The van der Waals surface area contributed by atoms with Gasteiger partial charge in [0.2, 0.25) is 0 Å². The van der Waals surface area contributed by atoms with E-state index in [1.165, 1.54) is 0 Å². The predicted octanol–water partition coefficient (Wildman–Crippen LogP) is 0.297.